The number of aromatic nitrogens is 2. The third-order valence-electron chi connectivity index (χ3n) is 6.04. The van der Waals surface area contributed by atoms with Gasteiger partial charge in [-0.1, -0.05) is 66.4 Å². The van der Waals surface area contributed by atoms with Crippen molar-refractivity contribution in [2.24, 2.45) is 0 Å². The average Bonchev–Trinajstić information content (AvgIpc) is 2.97. The third kappa shape index (κ3) is 6.58. The van der Waals surface area contributed by atoms with E-state index in [2.05, 4.69) is 14.7 Å². The number of sulfonamides is 1. The van der Waals surface area contributed by atoms with Crippen molar-refractivity contribution in [3.63, 3.8) is 0 Å². The number of anilines is 1. The molecule has 3 atom stereocenters. The second kappa shape index (κ2) is 12.1. The molecule has 38 heavy (non-hydrogen) atoms. The molecule has 1 aromatic heterocycles. The molecule has 1 aliphatic rings. The Balaban J connectivity index is 1.33. The predicted octanol–water partition coefficient (Wildman–Crippen LogP) is 5.11. The maximum atomic E-state index is 12.7. The van der Waals surface area contributed by atoms with Crippen molar-refractivity contribution >= 4 is 27.5 Å². The van der Waals surface area contributed by atoms with Gasteiger partial charge in [0.05, 0.1) is 23.7 Å². The lowest BCUT2D eigenvalue weighted by atomic mass is 10.0. The molecule has 4 aromatic rings. The van der Waals surface area contributed by atoms with Crippen LogP contribution in [-0.4, -0.2) is 35.3 Å². The van der Waals surface area contributed by atoms with Gasteiger partial charge >= 0.3 is 0 Å². The molecular formula is C28H27N3O5S2. The van der Waals surface area contributed by atoms with E-state index in [1.54, 1.807) is 73.1 Å². The number of rotatable bonds is 9. The molecule has 0 spiro atoms. The lowest BCUT2D eigenvalue weighted by Gasteiger charge is -2.36. The fourth-order valence-electron chi connectivity index (χ4n) is 4.07. The number of benzene rings is 3. The summed E-state index contributed by atoms with van der Waals surface area (Å²) in [5.74, 6) is 0.643. The van der Waals surface area contributed by atoms with Crippen LogP contribution in [0.5, 0.6) is 0 Å². The monoisotopic (exact) mass is 549 g/mol. The second-order valence-corrected chi connectivity index (χ2v) is 11.4. The Morgan fingerprint density at radius 1 is 0.868 bits per heavy atom. The highest BCUT2D eigenvalue weighted by atomic mass is 32.2. The van der Waals surface area contributed by atoms with Crippen molar-refractivity contribution in [2.75, 3.05) is 10.5 Å². The fourth-order valence-corrected chi connectivity index (χ4v) is 5.97. The molecule has 0 radical (unpaired) electrons. The zero-order valence-corrected chi connectivity index (χ0v) is 22.0. The Bertz CT molecular complexity index is 1420. The normalized spacial score (nSPS) is 19.7. The standard InChI is InChI=1S/C28H27N3O5S2/c32-18-20-7-9-21(10-8-20)26-17-24(19-37-28-29-15-4-16-30-28)35-27(36-26)22-11-13-23(14-12-22)31-38(33,34)25-5-2-1-3-6-25/h1-16,24,26-27,31-32H,17-19H2/t24-,26+,27+/m0/s1. The number of nitrogens with one attached hydrogen (secondary N) is 1. The number of aliphatic hydroxyl groups excluding tert-OH is 1. The summed E-state index contributed by atoms with van der Waals surface area (Å²) in [5.41, 5.74) is 3.04. The second-order valence-electron chi connectivity index (χ2n) is 8.73. The molecule has 5 rings (SSSR count). The number of ether oxygens (including phenoxy) is 2. The van der Waals surface area contributed by atoms with Crippen molar-refractivity contribution in [2.45, 2.75) is 41.6 Å². The minimum atomic E-state index is -3.69. The first-order chi connectivity index (χ1) is 18.5. The van der Waals surface area contributed by atoms with E-state index in [0.717, 1.165) is 16.7 Å². The maximum Gasteiger partial charge on any atom is 0.261 e. The van der Waals surface area contributed by atoms with Gasteiger partial charge in [0.25, 0.3) is 10.0 Å². The van der Waals surface area contributed by atoms with Crippen LogP contribution in [0.1, 0.15) is 35.5 Å². The van der Waals surface area contributed by atoms with E-state index >= 15 is 0 Å². The topological polar surface area (TPSA) is 111 Å². The summed E-state index contributed by atoms with van der Waals surface area (Å²) in [7, 11) is -3.69. The summed E-state index contributed by atoms with van der Waals surface area (Å²) in [6.45, 7) is -0.0196. The van der Waals surface area contributed by atoms with E-state index in [-0.39, 0.29) is 23.7 Å². The number of hydrogen-bond donors (Lipinski definition) is 2. The van der Waals surface area contributed by atoms with E-state index < -0.39 is 16.3 Å². The Morgan fingerprint density at radius 2 is 1.55 bits per heavy atom. The molecule has 10 heteroatoms. The molecule has 3 aromatic carbocycles. The number of hydrogen-bond acceptors (Lipinski definition) is 8. The smallest absolute Gasteiger partial charge is 0.261 e. The molecular weight excluding hydrogens is 522 g/mol. The van der Waals surface area contributed by atoms with Crippen LogP contribution in [0.25, 0.3) is 0 Å². The van der Waals surface area contributed by atoms with E-state index in [1.165, 1.54) is 11.8 Å². The molecule has 0 bridgehead atoms. The van der Waals surface area contributed by atoms with Gasteiger partial charge in [0.15, 0.2) is 11.4 Å². The minimum Gasteiger partial charge on any atom is -0.392 e. The summed E-state index contributed by atoms with van der Waals surface area (Å²) in [5, 5.41) is 10.1. The van der Waals surface area contributed by atoms with Crippen molar-refractivity contribution in [1.29, 1.82) is 0 Å². The fraction of sp³-hybridized carbons (Fsp3) is 0.214. The van der Waals surface area contributed by atoms with E-state index in [9.17, 15) is 13.5 Å². The Morgan fingerprint density at radius 3 is 2.24 bits per heavy atom. The number of aliphatic hydroxyl groups is 1. The van der Waals surface area contributed by atoms with Gasteiger partial charge in [-0.15, -0.1) is 0 Å². The lowest BCUT2D eigenvalue weighted by molar-refractivity contribution is -0.245. The third-order valence-corrected chi connectivity index (χ3v) is 8.45. The van der Waals surface area contributed by atoms with Crippen LogP contribution in [0.4, 0.5) is 5.69 Å². The van der Waals surface area contributed by atoms with Gasteiger partial charge in [0.2, 0.25) is 0 Å². The highest BCUT2D eigenvalue weighted by molar-refractivity contribution is 7.99. The molecule has 8 nitrogen and oxygen atoms in total. The Kier molecular flexibility index (Phi) is 8.35. The molecule has 0 aliphatic carbocycles. The molecule has 1 aliphatic heterocycles. The Hall–Kier alpha value is -3.28. The first-order valence-corrected chi connectivity index (χ1v) is 14.6. The van der Waals surface area contributed by atoms with E-state index in [1.807, 2.05) is 24.3 Å². The molecule has 1 fully saturated rings. The summed E-state index contributed by atoms with van der Waals surface area (Å²) in [6, 6.07) is 24.7. The van der Waals surface area contributed by atoms with Crippen molar-refractivity contribution in [3.8, 4) is 0 Å². The zero-order valence-electron chi connectivity index (χ0n) is 20.4. The van der Waals surface area contributed by atoms with Crippen LogP contribution in [0, 0.1) is 0 Å². The SMILES string of the molecule is O=S(=O)(Nc1ccc([C@@H]2O[C@H](CSc3ncccn3)C[C@H](c3ccc(CO)cc3)O2)cc1)c1ccccc1. The molecule has 0 saturated carbocycles. The van der Waals surface area contributed by atoms with Gasteiger partial charge in [-0.2, -0.15) is 0 Å². The number of thioether (sulfide) groups is 1. The van der Waals surface area contributed by atoms with Crippen molar-refractivity contribution < 1.29 is 23.0 Å². The largest absolute Gasteiger partial charge is 0.392 e. The molecule has 0 amide bonds. The average molecular weight is 550 g/mol. The van der Waals surface area contributed by atoms with Gasteiger partial charge in [0, 0.05) is 35.8 Å². The lowest BCUT2D eigenvalue weighted by Crippen LogP contribution is -2.31. The molecule has 2 N–H and O–H groups in total. The summed E-state index contributed by atoms with van der Waals surface area (Å²) >= 11 is 1.52. The summed E-state index contributed by atoms with van der Waals surface area (Å²) < 4.78 is 40.6. The quantitative estimate of drug-likeness (QED) is 0.219. The molecule has 1 saturated heterocycles. The van der Waals surface area contributed by atoms with Gasteiger partial charge in [-0.3, -0.25) is 4.72 Å². The Labute approximate surface area is 226 Å². The number of nitrogens with zero attached hydrogens (tertiary/aromatic N) is 2. The first-order valence-electron chi connectivity index (χ1n) is 12.1. The van der Waals surface area contributed by atoms with Crippen LogP contribution >= 0.6 is 11.8 Å². The van der Waals surface area contributed by atoms with Gasteiger partial charge in [-0.25, -0.2) is 18.4 Å². The van der Waals surface area contributed by atoms with Gasteiger partial charge < -0.3 is 14.6 Å². The van der Waals surface area contributed by atoms with Crippen LogP contribution in [0.2, 0.25) is 0 Å². The van der Waals surface area contributed by atoms with Crippen LogP contribution in [0.3, 0.4) is 0 Å². The summed E-state index contributed by atoms with van der Waals surface area (Å²) in [4.78, 5) is 8.76. The van der Waals surface area contributed by atoms with Crippen LogP contribution in [0.15, 0.2) is 107 Å². The molecule has 196 valence electrons. The van der Waals surface area contributed by atoms with Crippen LogP contribution < -0.4 is 4.72 Å². The molecule has 2 heterocycles. The molecule has 0 unspecified atom stereocenters. The van der Waals surface area contributed by atoms with Crippen LogP contribution in [-0.2, 0) is 26.1 Å². The van der Waals surface area contributed by atoms with E-state index in [4.69, 9.17) is 9.47 Å². The van der Waals surface area contributed by atoms with Gasteiger partial charge in [-0.05, 0) is 41.5 Å². The minimum absolute atomic E-state index is 0.0196. The van der Waals surface area contributed by atoms with Crippen molar-refractivity contribution in [1.82, 2.24) is 9.97 Å². The highest BCUT2D eigenvalue weighted by Crippen LogP contribution is 2.39. The van der Waals surface area contributed by atoms with E-state index in [0.29, 0.717) is 23.0 Å². The zero-order chi connectivity index (χ0) is 26.4. The first kappa shape index (κ1) is 26.3. The summed E-state index contributed by atoms with van der Waals surface area (Å²) in [6.07, 6.45) is 3.06. The maximum absolute atomic E-state index is 12.7. The van der Waals surface area contributed by atoms with Crippen molar-refractivity contribution in [3.05, 3.63) is 114 Å². The van der Waals surface area contributed by atoms with Gasteiger partial charge in [0.1, 0.15) is 0 Å². The predicted molar refractivity (Wildman–Crippen MR) is 145 cm³/mol. The highest BCUT2D eigenvalue weighted by Gasteiger charge is 2.32.